The molecule has 3 rings (SSSR count). The van der Waals surface area contributed by atoms with Crippen LogP contribution < -0.4 is 10.2 Å². The Morgan fingerprint density at radius 2 is 1.85 bits per heavy atom. The molecule has 1 saturated heterocycles. The van der Waals surface area contributed by atoms with Crippen molar-refractivity contribution >= 4 is 64.1 Å². The lowest BCUT2D eigenvalue weighted by Crippen LogP contribution is -2.41. The average Bonchev–Trinajstić information content (AvgIpc) is 3.03. The van der Waals surface area contributed by atoms with E-state index in [0.717, 1.165) is 0 Å². The van der Waals surface area contributed by atoms with Crippen LogP contribution in [0.15, 0.2) is 48.5 Å². The molecule has 1 N–H and O–H groups in total. The minimum absolute atomic E-state index is 0.0641. The number of amides is 2. The van der Waals surface area contributed by atoms with Gasteiger partial charge in [0.2, 0.25) is 5.91 Å². The second-order valence-corrected chi connectivity index (χ2v) is 8.01. The van der Waals surface area contributed by atoms with Gasteiger partial charge in [0, 0.05) is 10.7 Å². The van der Waals surface area contributed by atoms with Crippen LogP contribution in [0, 0.1) is 0 Å². The Kier molecular flexibility index (Phi) is 8.19. The van der Waals surface area contributed by atoms with Crippen molar-refractivity contribution < 1.29 is 28.7 Å². The number of halogens is 1. The molecule has 34 heavy (non-hydrogen) atoms. The van der Waals surface area contributed by atoms with Crippen molar-refractivity contribution in [2.45, 2.75) is 19.4 Å². The molecule has 2 amide bonds. The Bertz CT molecular complexity index is 1120. The van der Waals surface area contributed by atoms with Gasteiger partial charge in [-0.2, -0.15) is 0 Å². The van der Waals surface area contributed by atoms with Crippen LogP contribution in [-0.4, -0.2) is 60.1 Å². The maximum absolute atomic E-state index is 13.2. The molecule has 0 aliphatic carbocycles. The zero-order valence-electron chi connectivity index (χ0n) is 18.4. The fraction of sp³-hybridized carbons (Fsp3) is 0.261. The standard InChI is InChI=1S/C23H22ClN3O6S/c1-3-33-22(31)14-7-9-16(10-8-14)25-19(28)12-18-21(30)27(17-6-4-5-15(24)11-17)23(34)26(18)13-20(29)32-2/h4-11,18H,3,12-13H2,1-2H3,(H,25,28). The number of carbonyl (C=O) groups excluding carboxylic acids is 4. The molecule has 9 nitrogen and oxygen atoms in total. The van der Waals surface area contributed by atoms with Crippen LogP contribution in [-0.2, 0) is 23.9 Å². The minimum Gasteiger partial charge on any atom is -0.468 e. The Balaban J connectivity index is 1.77. The quantitative estimate of drug-likeness (QED) is 0.433. The third-order valence-corrected chi connectivity index (χ3v) is 5.62. The van der Waals surface area contributed by atoms with Crippen LogP contribution in [0.4, 0.5) is 11.4 Å². The van der Waals surface area contributed by atoms with Crippen LogP contribution in [0.5, 0.6) is 0 Å². The van der Waals surface area contributed by atoms with Gasteiger partial charge in [0.1, 0.15) is 12.6 Å². The number of thiocarbonyl (C=S) groups is 1. The molecule has 0 aromatic heterocycles. The summed E-state index contributed by atoms with van der Waals surface area (Å²) in [6.45, 7) is 1.66. The number of rotatable bonds is 8. The van der Waals surface area contributed by atoms with Gasteiger partial charge in [0.05, 0.1) is 31.4 Å². The predicted octanol–water partition coefficient (Wildman–Crippen LogP) is 3.02. The average molecular weight is 504 g/mol. The predicted molar refractivity (Wildman–Crippen MR) is 130 cm³/mol. The highest BCUT2D eigenvalue weighted by Gasteiger charge is 2.45. The summed E-state index contributed by atoms with van der Waals surface area (Å²) < 4.78 is 9.66. The topological polar surface area (TPSA) is 105 Å². The Labute approximate surface area is 206 Å². The van der Waals surface area contributed by atoms with E-state index in [1.54, 1.807) is 43.3 Å². The number of anilines is 2. The first-order valence-corrected chi connectivity index (χ1v) is 11.1. The summed E-state index contributed by atoms with van der Waals surface area (Å²) in [5.41, 5.74) is 1.20. The first-order chi connectivity index (χ1) is 16.2. The number of benzene rings is 2. The summed E-state index contributed by atoms with van der Waals surface area (Å²) in [5, 5.41) is 3.15. The molecule has 1 atom stereocenters. The summed E-state index contributed by atoms with van der Waals surface area (Å²) in [4.78, 5) is 52.3. The monoisotopic (exact) mass is 503 g/mol. The smallest absolute Gasteiger partial charge is 0.338 e. The Morgan fingerprint density at radius 1 is 1.15 bits per heavy atom. The van der Waals surface area contributed by atoms with E-state index in [0.29, 0.717) is 22.0 Å². The molecule has 1 aliphatic heterocycles. The zero-order chi connectivity index (χ0) is 24.8. The molecule has 2 aromatic carbocycles. The van der Waals surface area contributed by atoms with E-state index < -0.39 is 29.8 Å². The number of esters is 2. The fourth-order valence-electron chi connectivity index (χ4n) is 3.36. The van der Waals surface area contributed by atoms with E-state index in [-0.39, 0.29) is 24.7 Å². The SMILES string of the molecule is CCOC(=O)c1ccc(NC(=O)CC2C(=O)N(c3cccc(Cl)c3)C(=S)N2CC(=O)OC)cc1. The molecule has 1 fully saturated rings. The maximum atomic E-state index is 13.2. The van der Waals surface area contributed by atoms with Crippen molar-refractivity contribution in [2.24, 2.45) is 0 Å². The van der Waals surface area contributed by atoms with Gasteiger partial charge in [-0.25, -0.2) is 4.79 Å². The summed E-state index contributed by atoms with van der Waals surface area (Å²) in [5.74, 6) is -2.02. The Hall–Kier alpha value is -3.50. The van der Waals surface area contributed by atoms with Crippen molar-refractivity contribution in [3.8, 4) is 0 Å². The Morgan fingerprint density at radius 3 is 2.47 bits per heavy atom. The fourth-order valence-corrected chi connectivity index (χ4v) is 3.93. The van der Waals surface area contributed by atoms with Gasteiger partial charge >= 0.3 is 11.9 Å². The number of carbonyl (C=O) groups is 4. The van der Waals surface area contributed by atoms with E-state index in [1.165, 1.54) is 29.0 Å². The zero-order valence-corrected chi connectivity index (χ0v) is 20.0. The van der Waals surface area contributed by atoms with Gasteiger partial charge in [0.15, 0.2) is 5.11 Å². The third-order valence-electron chi connectivity index (χ3n) is 4.97. The van der Waals surface area contributed by atoms with Crippen LogP contribution >= 0.6 is 23.8 Å². The first-order valence-electron chi connectivity index (χ1n) is 10.3. The minimum atomic E-state index is -1.02. The first kappa shape index (κ1) is 25.1. The number of nitrogens with zero attached hydrogens (tertiary/aromatic N) is 2. The van der Waals surface area contributed by atoms with E-state index in [2.05, 4.69) is 5.32 Å². The van der Waals surface area contributed by atoms with Crippen LogP contribution in [0.3, 0.4) is 0 Å². The van der Waals surface area contributed by atoms with Crippen molar-refractivity contribution in [2.75, 3.05) is 30.5 Å². The van der Waals surface area contributed by atoms with Crippen molar-refractivity contribution in [1.29, 1.82) is 0 Å². The molecule has 0 radical (unpaired) electrons. The molecule has 178 valence electrons. The lowest BCUT2D eigenvalue weighted by Gasteiger charge is -2.22. The molecule has 2 aromatic rings. The van der Waals surface area contributed by atoms with E-state index in [9.17, 15) is 19.2 Å². The van der Waals surface area contributed by atoms with E-state index >= 15 is 0 Å². The van der Waals surface area contributed by atoms with Crippen LogP contribution in [0.1, 0.15) is 23.7 Å². The molecule has 11 heteroatoms. The van der Waals surface area contributed by atoms with Gasteiger partial charge in [0.25, 0.3) is 5.91 Å². The normalized spacial score (nSPS) is 15.3. The van der Waals surface area contributed by atoms with Gasteiger partial charge in [-0.3, -0.25) is 19.3 Å². The van der Waals surface area contributed by atoms with Gasteiger partial charge < -0.3 is 19.7 Å². The number of hydrogen-bond acceptors (Lipinski definition) is 7. The summed E-state index contributed by atoms with van der Waals surface area (Å²) in [7, 11) is 1.22. The number of methoxy groups -OCH3 is 1. The number of nitrogens with one attached hydrogen (secondary N) is 1. The highest BCUT2D eigenvalue weighted by Crippen LogP contribution is 2.29. The molecule has 1 aliphatic rings. The lowest BCUT2D eigenvalue weighted by molar-refractivity contribution is -0.141. The highest BCUT2D eigenvalue weighted by molar-refractivity contribution is 7.80. The molecule has 1 unspecified atom stereocenters. The van der Waals surface area contributed by atoms with Crippen molar-refractivity contribution in [3.05, 3.63) is 59.1 Å². The summed E-state index contributed by atoms with van der Waals surface area (Å²) in [6, 6.07) is 11.7. The van der Waals surface area contributed by atoms with Crippen molar-refractivity contribution in [3.63, 3.8) is 0 Å². The highest BCUT2D eigenvalue weighted by atomic mass is 35.5. The maximum Gasteiger partial charge on any atom is 0.338 e. The van der Waals surface area contributed by atoms with E-state index in [4.69, 9.17) is 33.3 Å². The van der Waals surface area contributed by atoms with Gasteiger partial charge in [-0.05, 0) is 61.6 Å². The number of hydrogen-bond donors (Lipinski definition) is 1. The van der Waals surface area contributed by atoms with E-state index in [1.807, 2.05) is 0 Å². The number of ether oxygens (including phenoxy) is 2. The lowest BCUT2D eigenvalue weighted by atomic mass is 10.1. The molecular formula is C23H22ClN3O6S. The third kappa shape index (κ3) is 5.70. The second kappa shape index (κ2) is 11.1. The second-order valence-electron chi connectivity index (χ2n) is 7.21. The summed E-state index contributed by atoms with van der Waals surface area (Å²) in [6.07, 6.45) is -0.271. The van der Waals surface area contributed by atoms with Gasteiger partial charge in [-0.15, -0.1) is 0 Å². The van der Waals surface area contributed by atoms with Crippen molar-refractivity contribution in [1.82, 2.24) is 4.90 Å². The molecule has 0 spiro atoms. The van der Waals surface area contributed by atoms with Crippen LogP contribution in [0.25, 0.3) is 0 Å². The molecule has 1 heterocycles. The largest absolute Gasteiger partial charge is 0.468 e. The molecular weight excluding hydrogens is 482 g/mol. The summed E-state index contributed by atoms with van der Waals surface area (Å²) >= 11 is 11.5. The molecule has 0 saturated carbocycles. The van der Waals surface area contributed by atoms with Gasteiger partial charge in [-0.1, -0.05) is 17.7 Å². The van der Waals surface area contributed by atoms with Crippen LogP contribution in [0.2, 0.25) is 5.02 Å². The molecule has 0 bridgehead atoms.